The summed E-state index contributed by atoms with van der Waals surface area (Å²) in [6.07, 6.45) is 0.591. The van der Waals surface area contributed by atoms with Crippen molar-refractivity contribution in [2.24, 2.45) is 0 Å². The van der Waals surface area contributed by atoms with E-state index in [4.69, 9.17) is 10.5 Å². The van der Waals surface area contributed by atoms with Crippen LogP contribution in [0.4, 0.5) is 15.2 Å². The molecule has 0 saturated carbocycles. The predicted molar refractivity (Wildman–Crippen MR) is 71.7 cm³/mol. The monoisotopic (exact) mass is 267 g/mol. The Labute approximate surface area is 109 Å². The Balaban J connectivity index is 1.95. The highest BCUT2D eigenvalue weighted by Crippen LogP contribution is 2.34. The van der Waals surface area contributed by atoms with E-state index in [1.54, 1.807) is 19.2 Å². The maximum absolute atomic E-state index is 13.4. The highest BCUT2D eigenvalue weighted by molar-refractivity contribution is 7.11. The van der Waals surface area contributed by atoms with Gasteiger partial charge in [0.1, 0.15) is 5.82 Å². The molecular weight excluding hydrogens is 253 g/mol. The van der Waals surface area contributed by atoms with E-state index in [-0.39, 0.29) is 5.82 Å². The summed E-state index contributed by atoms with van der Waals surface area (Å²) in [6.45, 7) is 0.596. The van der Waals surface area contributed by atoms with Crippen molar-refractivity contribution >= 4 is 22.4 Å². The highest BCUT2D eigenvalue weighted by atomic mass is 32.1. The van der Waals surface area contributed by atoms with E-state index in [1.807, 2.05) is 6.07 Å². The first kappa shape index (κ1) is 12.6. The van der Waals surface area contributed by atoms with Gasteiger partial charge in [-0.2, -0.15) is 4.37 Å². The number of benzene rings is 1. The number of nitrogens with two attached hydrogens (primary N) is 1. The van der Waals surface area contributed by atoms with E-state index in [1.165, 1.54) is 17.6 Å². The first-order valence-electron chi connectivity index (χ1n) is 5.48. The van der Waals surface area contributed by atoms with Crippen molar-refractivity contribution in [1.29, 1.82) is 0 Å². The van der Waals surface area contributed by atoms with Gasteiger partial charge in [-0.3, -0.25) is 0 Å². The van der Waals surface area contributed by atoms with Crippen molar-refractivity contribution in [3.63, 3.8) is 0 Å². The molecule has 96 valence electrons. The third-order valence-corrected chi connectivity index (χ3v) is 3.32. The van der Waals surface area contributed by atoms with E-state index in [0.717, 1.165) is 5.00 Å². The van der Waals surface area contributed by atoms with Crippen LogP contribution in [-0.4, -0.2) is 18.0 Å². The molecule has 0 fully saturated rings. The van der Waals surface area contributed by atoms with Crippen molar-refractivity contribution in [2.75, 3.05) is 24.7 Å². The van der Waals surface area contributed by atoms with Crippen LogP contribution >= 0.6 is 11.5 Å². The zero-order valence-electron chi connectivity index (χ0n) is 9.94. The molecule has 3 N–H and O–H groups in total. The van der Waals surface area contributed by atoms with Crippen LogP contribution in [0.5, 0.6) is 5.75 Å². The largest absolute Gasteiger partial charge is 0.490 e. The zero-order valence-corrected chi connectivity index (χ0v) is 10.8. The van der Waals surface area contributed by atoms with E-state index >= 15 is 0 Å². The van der Waals surface area contributed by atoms with Crippen LogP contribution in [0.15, 0.2) is 24.3 Å². The van der Waals surface area contributed by atoms with Gasteiger partial charge in [-0.05, 0) is 29.6 Å². The summed E-state index contributed by atoms with van der Waals surface area (Å²) in [5, 5.41) is 3.91. The summed E-state index contributed by atoms with van der Waals surface area (Å²) >= 11 is 1.24. The number of hydrogen-bond donors (Lipinski definition) is 2. The minimum absolute atomic E-state index is 0.185. The molecule has 1 heterocycles. The highest BCUT2D eigenvalue weighted by Gasteiger charge is 2.11. The second-order valence-electron chi connectivity index (χ2n) is 3.70. The molecule has 0 spiro atoms. The van der Waals surface area contributed by atoms with Crippen LogP contribution < -0.4 is 15.8 Å². The van der Waals surface area contributed by atoms with Gasteiger partial charge in [0.05, 0.1) is 7.11 Å². The van der Waals surface area contributed by atoms with Gasteiger partial charge in [0, 0.05) is 6.54 Å². The lowest BCUT2D eigenvalue weighted by Gasteiger charge is -2.06. The van der Waals surface area contributed by atoms with Crippen LogP contribution in [0.25, 0.3) is 0 Å². The topological polar surface area (TPSA) is 60.2 Å². The molecule has 0 saturated heterocycles. The molecule has 1 aromatic carbocycles. The predicted octanol–water partition coefficient (Wildman–Crippen LogP) is 2.53. The van der Waals surface area contributed by atoms with E-state index in [0.29, 0.717) is 30.1 Å². The molecule has 1 aromatic heterocycles. The van der Waals surface area contributed by atoms with Crippen LogP contribution in [0.1, 0.15) is 5.56 Å². The van der Waals surface area contributed by atoms with Gasteiger partial charge in [-0.15, -0.1) is 0 Å². The SMILES string of the molecule is COc1c(N)nsc1NCCc1ccccc1F. The Kier molecular flexibility index (Phi) is 3.99. The number of halogens is 1. The number of nitrogen functional groups attached to an aromatic ring is 1. The maximum atomic E-state index is 13.4. The van der Waals surface area contributed by atoms with Crippen molar-refractivity contribution in [2.45, 2.75) is 6.42 Å². The molecule has 2 rings (SSSR count). The molecule has 18 heavy (non-hydrogen) atoms. The Morgan fingerprint density at radius 3 is 2.94 bits per heavy atom. The quantitative estimate of drug-likeness (QED) is 0.874. The first-order chi connectivity index (χ1) is 8.72. The third kappa shape index (κ3) is 2.70. The van der Waals surface area contributed by atoms with Gasteiger partial charge in [0.25, 0.3) is 0 Å². The minimum Gasteiger partial charge on any atom is -0.490 e. The van der Waals surface area contributed by atoms with Crippen molar-refractivity contribution in [3.05, 3.63) is 35.6 Å². The van der Waals surface area contributed by atoms with Gasteiger partial charge in [0.15, 0.2) is 16.6 Å². The van der Waals surface area contributed by atoms with Crippen LogP contribution in [0.2, 0.25) is 0 Å². The fourth-order valence-electron chi connectivity index (χ4n) is 1.62. The lowest BCUT2D eigenvalue weighted by molar-refractivity contribution is 0.419. The molecular formula is C12H14FN3OS. The Morgan fingerprint density at radius 1 is 1.44 bits per heavy atom. The lowest BCUT2D eigenvalue weighted by Crippen LogP contribution is -2.06. The second kappa shape index (κ2) is 5.68. The summed E-state index contributed by atoms with van der Waals surface area (Å²) in [6, 6.07) is 6.73. The lowest BCUT2D eigenvalue weighted by atomic mass is 10.1. The van der Waals surface area contributed by atoms with Gasteiger partial charge in [-0.1, -0.05) is 18.2 Å². The third-order valence-electron chi connectivity index (χ3n) is 2.52. The van der Waals surface area contributed by atoms with Gasteiger partial charge < -0.3 is 15.8 Å². The molecule has 0 unspecified atom stereocenters. The number of aromatic nitrogens is 1. The number of hydrogen-bond acceptors (Lipinski definition) is 5. The first-order valence-corrected chi connectivity index (χ1v) is 6.26. The van der Waals surface area contributed by atoms with Crippen LogP contribution in [0, 0.1) is 5.82 Å². The van der Waals surface area contributed by atoms with E-state index < -0.39 is 0 Å². The maximum Gasteiger partial charge on any atom is 0.197 e. The molecule has 0 atom stereocenters. The smallest absolute Gasteiger partial charge is 0.197 e. The molecule has 6 heteroatoms. The number of ether oxygens (including phenoxy) is 1. The van der Waals surface area contributed by atoms with Crippen LogP contribution in [-0.2, 0) is 6.42 Å². The summed E-state index contributed by atoms with van der Waals surface area (Å²) in [5.41, 5.74) is 6.32. The van der Waals surface area contributed by atoms with E-state index in [9.17, 15) is 4.39 Å². The molecule has 4 nitrogen and oxygen atoms in total. The molecule has 2 aromatic rings. The molecule has 0 aliphatic heterocycles. The van der Waals surface area contributed by atoms with Gasteiger partial charge >= 0.3 is 0 Å². The number of methoxy groups -OCH3 is 1. The van der Waals surface area contributed by atoms with Gasteiger partial charge in [-0.25, -0.2) is 4.39 Å². The Bertz CT molecular complexity index is 530. The molecule has 0 bridgehead atoms. The van der Waals surface area contributed by atoms with Gasteiger partial charge in [0.2, 0.25) is 0 Å². The molecule has 0 aliphatic rings. The molecule has 0 amide bonds. The fraction of sp³-hybridized carbons (Fsp3) is 0.250. The zero-order chi connectivity index (χ0) is 13.0. The Hall–Kier alpha value is -1.82. The summed E-state index contributed by atoms with van der Waals surface area (Å²) in [4.78, 5) is 0. The second-order valence-corrected chi connectivity index (χ2v) is 4.47. The van der Waals surface area contributed by atoms with Crippen LogP contribution in [0.3, 0.4) is 0 Å². The fourth-order valence-corrected chi connectivity index (χ4v) is 2.33. The van der Waals surface area contributed by atoms with E-state index in [2.05, 4.69) is 9.69 Å². The summed E-state index contributed by atoms with van der Waals surface area (Å²) in [5.74, 6) is 0.736. The summed E-state index contributed by atoms with van der Waals surface area (Å²) in [7, 11) is 1.54. The van der Waals surface area contributed by atoms with Crippen molar-refractivity contribution in [3.8, 4) is 5.75 Å². The number of rotatable bonds is 5. The normalized spacial score (nSPS) is 10.3. The Morgan fingerprint density at radius 2 is 2.22 bits per heavy atom. The molecule has 0 aliphatic carbocycles. The number of nitrogens with zero attached hydrogens (tertiary/aromatic N) is 1. The number of nitrogens with one attached hydrogen (secondary N) is 1. The molecule has 0 radical (unpaired) electrons. The summed E-state index contributed by atoms with van der Waals surface area (Å²) < 4.78 is 22.5. The number of anilines is 2. The average molecular weight is 267 g/mol. The minimum atomic E-state index is -0.185. The standard InChI is InChI=1S/C12H14FN3OS/c1-17-10-11(14)16-18-12(10)15-7-6-8-4-2-3-5-9(8)13/h2-5,15H,6-7H2,1H3,(H2,14,16). The van der Waals surface area contributed by atoms with Crippen molar-refractivity contribution < 1.29 is 9.13 Å². The van der Waals surface area contributed by atoms with Crippen molar-refractivity contribution in [1.82, 2.24) is 4.37 Å². The average Bonchev–Trinajstić information content (AvgIpc) is 2.72.